The highest BCUT2D eigenvalue weighted by molar-refractivity contribution is 6.08. The zero-order valence-electron chi connectivity index (χ0n) is 24.3. The number of nitrogens with zero attached hydrogens (tertiary/aromatic N) is 4. The highest BCUT2D eigenvalue weighted by Crippen LogP contribution is 2.30. The summed E-state index contributed by atoms with van der Waals surface area (Å²) in [7, 11) is 1.28. The number of esters is 1. The van der Waals surface area contributed by atoms with Gasteiger partial charge < -0.3 is 25.8 Å². The van der Waals surface area contributed by atoms with Gasteiger partial charge in [0.1, 0.15) is 6.61 Å². The van der Waals surface area contributed by atoms with Gasteiger partial charge in [-0.1, -0.05) is 54.6 Å². The van der Waals surface area contributed by atoms with Crippen LogP contribution < -0.4 is 16.4 Å². The lowest BCUT2D eigenvalue weighted by Gasteiger charge is -2.13. The zero-order chi connectivity index (χ0) is 31.6. The van der Waals surface area contributed by atoms with Gasteiger partial charge in [0.05, 0.1) is 36.4 Å². The molecule has 0 fully saturated rings. The summed E-state index contributed by atoms with van der Waals surface area (Å²) in [5.41, 5.74) is 10.6. The molecule has 12 nitrogen and oxygen atoms in total. The number of pyridine rings is 2. The molecule has 5 aromatic rings. The van der Waals surface area contributed by atoms with Crippen molar-refractivity contribution in [1.82, 2.24) is 25.3 Å². The van der Waals surface area contributed by atoms with E-state index < -0.39 is 18.0 Å². The molecule has 0 saturated carbocycles. The van der Waals surface area contributed by atoms with E-state index in [0.717, 1.165) is 16.7 Å². The molecule has 5 rings (SSSR count). The molecule has 3 heterocycles. The van der Waals surface area contributed by atoms with Crippen LogP contribution in [-0.4, -0.2) is 51.6 Å². The number of alkyl carbamates (subject to hydrolysis) is 1. The number of anilines is 2. The largest absolute Gasteiger partial charge is 0.465 e. The third-order valence-corrected chi connectivity index (χ3v) is 6.75. The van der Waals surface area contributed by atoms with E-state index in [1.807, 2.05) is 54.6 Å². The Kier molecular flexibility index (Phi) is 9.65. The van der Waals surface area contributed by atoms with Crippen LogP contribution in [0.15, 0.2) is 97.7 Å². The Morgan fingerprint density at radius 3 is 2.33 bits per heavy atom. The average molecular weight is 604 g/mol. The lowest BCUT2D eigenvalue weighted by atomic mass is 10.0. The monoisotopic (exact) mass is 603 g/mol. The molecule has 0 radical (unpaired) electrons. The Morgan fingerprint density at radius 2 is 1.58 bits per heavy atom. The molecule has 0 unspecified atom stereocenters. The first-order valence-corrected chi connectivity index (χ1v) is 13.9. The van der Waals surface area contributed by atoms with E-state index in [9.17, 15) is 14.4 Å². The van der Waals surface area contributed by atoms with Gasteiger partial charge in [-0.15, -0.1) is 0 Å². The van der Waals surface area contributed by atoms with Gasteiger partial charge in [-0.05, 0) is 29.7 Å². The van der Waals surface area contributed by atoms with Crippen molar-refractivity contribution in [2.45, 2.75) is 13.0 Å². The number of rotatable bonds is 10. The van der Waals surface area contributed by atoms with Crippen molar-refractivity contribution in [3.8, 4) is 22.4 Å². The molecule has 45 heavy (non-hydrogen) atoms. The Morgan fingerprint density at radius 1 is 0.844 bits per heavy atom. The molecule has 0 aliphatic heterocycles. The third kappa shape index (κ3) is 7.62. The van der Waals surface area contributed by atoms with Crippen molar-refractivity contribution in [2.24, 2.45) is 0 Å². The van der Waals surface area contributed by atoms with Gasteiger partial charge in [0.25, 0.3) is 5.91 Å². The predicted octanol–water partition coefficient (Wildman–Crippen LogP) is 4.69. The molecule has 0 saturated heterocycles. The summed E-state index contributed by atoms with van der Waals surface area (Å²) in [6.45, 7) is 0.602. The van der Waals surface area contributed by atoms with Crippen molar-refractivity contribution < 1.29 is 23.9 Å². The topological polar surface area (TPSA) is 171 Å². The van der Waals surface area contributed by atoms with Gasteiger partial charge in [-0.2, -0.15) is 0 Å². The van der Waals surface area contributed by atoms with Crippen molar-refractivity contribution in [3.63, 3.8) is 0 Å². The number of methoxy groups -OCH3 is 1. The number of hydrogen-bond acceptors (Lipinski definition) is 10. The molecule has 2 amide bonds. The highest BCUT2D eigenvalue weighted by atomic mass is 16.5. The second kappa shape index (κ2) is 14.3. The number of nitrogens with two attached hydrogens (primary N) is 1. The molecule has 4 N–H and O–H groups in total. The fraction of sp³-hybridized carbons (Fsp3) is 0.121. The first-order chi connectivity index (χ1) is 21.9. The lowest BCUT2D eigenvalue weighted by Crippen LogP contribution is -2.26. The van der Waals surface area contributed by atoms with Gasteiger partial charge in [0.15, 0.2) is 11.5 Å². The molecule has 0 atom stereocenters. The van der Waals surface area contributed by atoms with Crippen LogP contribution >= 0.6 is 0 Å². The number of aromatic nitrogens is 4. The zero-order valence-corrected chi connectivity index (χ0v) is 24.3. The van der Waals surface area contributed by atoms with Crippen LogP contribution in [0, 0.1) is 0 Å². The van der Waals surface area contributed by atoms with Crippen LogP contribution in [-0.2, 0) is 22.5 Å². The van der Waals surface area contributed by atoms with E-state index in [1.165, 1.54) is 31.9 Å². The number of benzene rings is 2. The number of carbonyl (C=O) groups excluding carboxylic acids is 3. The summed E-state index contributed by atoms with van der Waals surface area (Å²) < 4.78 is 10.1. The maximum atomic E-state index is 13.4. The first-order valence-electron chi connectivity index (χ1n) is 13.9. The standard InChI is InChI=1S/C33H29N7O5/c1-44-32(42)26-17-35-14-12-24(26)25-13-15-36-18-28(25)40-31(41)29-30(34)38-19-27(39-29)23-9-7-21(8-10-23)11-16-37-33(43)45-20-22-5-3-2-4-6-22/h2-10,12-15,17-19H,11,16,20H2,1H3,(H2,34,38)(H,37,43)(H,40,41). The van der Waals surface area contributed by atoms with Gasteiger partial charge in [-0.3, -0.25) is 14.8 Å². The molecule has 0 spiro atoms. The van der Waals surface area contributed by atoms with Crippen molar-refractivity contribution in [2.75, 3.05) is 24.7 Å². The fourth-order valence-corrected chi connectivity index (χ4v) is 4.44. The molecule has 0 aliphatic carbocycles. The van der Waals surface area contributed by atoms with Gasteiger partial charge >= 0.3 is 12.1 Å². The SMILES string of the molecule is COC(=O)c1cnccc1-c1ccncc1NC(=O)c1nc(-c2ccc(CCNC(=O)OCc3ccccc3)cc2)cnc1N. The second-order valence-corrected chi connectivity index (χ2v) is 9.71. The van der Waals surface area contributed by atoms with Gasteiger partial charge in [0, 0.05) is 41.8 Å². The summed E-state index contributed by atoms with van der Waals surface area (Å²) in [6, 6.07) is 20.3. The summed E-state index contributed by atoms with van der Waals surface area (Å²) in [4.78, 5) is 54.5. The predicted molar refractivity (Wildman–Crippen MR) is 167 cm³/mol. The number of hydrogen-bond donors (Lipinski definition) is 3. The third-order valence-electron chi connectivity index (χ3n) is 6.75. The minimum absolute atomic E-state index is 0.0531. The van der Waals surface area contributed by atoms with Crippen LogP contribution in [0.2, 0.25) is 0 Å². The first kappa shape index (κ1) is 30.3. The molecule has 0 aliphatic rings. The molecular formula is C33H29N7O5. The van der Waals surface area contributed by atoms with E-state index >= 15 is 0 Å². The number of amides is 2. The summed E-state index contributed by atoms with van der Waals surface area (Å²) in [6.07, 6.45) is 7.51. The fourth-order valence-electron chi connectivity index (χ4n) is 4.44. The Labute approximate surface area is 258 Å². The lowest BCUT2D eigenvalue weighted by molar-refractivity contribution is 0.0601. The quantitative estimate of drug-likeness (QED) is 0.190. The maximum Gasteiger partial charge on any atom is 0.407 e. The van der Waals surface area contributed by atoms with Crippen LogP contribution in [0.1, 0.15) is 32.0 Å². The van der Waals surface area contributed by atoms with E-state index in [4.69, 9.17) is 15.2 Å². The minimum atomic E-state index is -0.605. The molecule has 226 valence electrons. The summed E-state index contributed by atoms with van der Waals surface area (Å²) >= 11 is 0. The van der Waals surface area contributed by atoms with Crippen molar-refractivity contribution >= 4 is 29.5 Å². The maximum absolute atomic E-state index is 13.4. The number of carbonyl (C=O) groups is 3. The van der Waals surface area contributed by atoms with E-state index in [1.54, 1.807) is 18.3 Å². The van der Waals surface area contributed by atoms with Crippen molar-refractivity contribution in [1.29, 1.82) is 0 Å². The van der Waals surface area contributed by atoms with Crippen LogP contribution in [0.5, 0.6) is 0 Å². The smallest absolute Gasteiger partial charge is 0.407 e. The van der Waals surface area contributed by atoms with Gasteiger partial charge in [-0.25, -0.2) is 19.6 Å². The average Bonchev–Trinajstić information content (AvgIpc) is 3.08. The van der Waals surface area contributed by atoms with Crippen LogP contribution in [0.25, 0.3) is 22.4 Å². The summed E-state index contributed by atoms with van der Waals surface area (Å²) in [5.74, 6) is -1.23. The van der Waals surface area contributed by atoms with Crippen LogP contribution in [0.4, 0.5) is 16.3 Å². The molecule has 0 bridgehead atoms. The van der Waals surface area contributed by atoms with Crippen LogP contribution in [0.3, 0.4) is 0 Å². The Hall–Kier alpha value is -6.17. The summed E-state index contributed by atoms with van der Waals surface area (Å²) in [5, 5.41) is 5.53. The Bertz CT molecular complexity index is 1810. The minimum Gasteiger partial charge on any atom is -0.465 e. The van der Waals surface area contributed by atoms with E-state index in [0.29, 0.717) is 35.5 Å². The number of ether oxygens (including phenoxy) is 2. The Balaban J connectivity index is 1.24. The number of nitrogens with one attached hydrogen (secondary N) is 2. The molecular weight excluding hydrogens is 574 g/mol. The molecule has 12 heteroatoms. The number of nitrogen functional groups attached to an aromatic ring is 1. The van der Waals surface area contributed by atoms with E-state index in [2.05, 4.69) is 30.6 Å². The molecule has 3 aromatic heterocycles. The normalized spacial score (nSPS) is 10.5. The second-order valence-electron chi connectivity index (χ2n) is 9.71. The van der Waals surface area contributed by atoms with E-state index in [-0.39, 0.29) is 23.7 Å². The van der Waals surface area contributed by atoms with Crippen molar-refractivity contribution in [3.05, 3.63) is 120 Å². The highest BCUT2D eigenvalue weighted by Gasteiger charge is 2.20. The molecule has 2 aromatic carbocycles. The van der Waals surface area contributed by atoms with Gasteiger partial charge in [0.2, 0.25) is 0 Å².